The van der Waals surface area contributed by atoms with Gasteiger partial charge >= 0.3 is 5.97 Å². The molecule has 1 aromatic carbocycles. The number of esters is 1. The minimum absolute atomic E-state index is 0.0658. The van der Waals surface area contributed by atoms with Crippen molar-refractivity contribution in [2.24, 2.45) is 11.8 Å². The maximum atomic E-state index is 12.8. The predicted octanol–water partition coefficient (Wildman–Crippen LogP) is 7.32. The van der Waals surface area contributed by atoms with E-state index in [1.165, 1.54) is 35.3 Å². The van der Waals surface area contributed by atoms with Gasteiger partial charge in [0.2, 0.25) is 0 Å². The number of nitrogens with zero attached hydrogens (tertiary/aromatic N) is 1. The number of ether oxygens (including phenoxy) is 1. The SMILES string of the molecule is CCCC(C)C(CC)CC(=O)Oc1cccc2c1CCC(N(CCC)CCc1cccs1)C2. The van der Waals surface area contributed by atoms with Crippen molar-refractivity contribution < 1.29 is 9.53 Å². The molecule has 0 saturated heterocycles. The molecule has 0 amide bonds. The number of carbonyl (C=O) groups excluding carboxylic acids is 1. The number of hydrogen-bond acceptors (Lipinski definition) is 4. The van der Waals surface area contributed by atoms with Crippen molar-refractivity contribution in [3.05, 3.63) is 51.7 Å². The van der Waals surface area contributed by atoms with E-state index >= 15 is 0 Å². The summed E-state index contributed by atoms with van der Waals surface area (Å²) in [6.07, 6.45) is 9.39. The van der Waals surface area contributed by atoms with Crippen molar-refractivity contribution in [3.63, 3.8) is 0 Å². The van der Waals surface area contributed by atoms with Crippen LogP contribution >= 0.6 is 11.3 Å². The van der Waals surface area contributed by atoms with Crippen molar-refractivity contribution in [2.45, 2.75) is 91.5 Å². The zero-order valence-corrected chi connectivity index (χ0v) is 22.0. The molecule has 3 nitrogen and oxygen atoms in total. The molecule has 0 bridgehead atoms. The van der Waals surface area contributed by atoms with Crippen LogP contribution in [0.5, 0.6) is 5.75 Å². The van der Waals surface area contributed by atoms with Crippen molar-refractivity contribution in [2.75, 3.05) is 13.1 Å². The molecule has 2 aromatic rings. The third-order valence-corrected chi connectivity index (χ3v) is 8.33. The molecule has 0 saturated carbocycles. The van der Waals surface area contributed by atoms with E-state index in [1.54, 1.807) is 0 Å². The first-order valence-electron chi connectivity index (χ1n) is 13.1. The maximum Gasteiger partial charge on any atom is 0.311 e. The zero-order valence-electron chi connectivity index (χ0n) is 21.1. The van der Waals surface area contributed by atoms with Crippen LogP contribution in [0, 0.1) is 11.8 Å². The molecule has 33 heavy (non-hydrogen) atoms. The van der Waals surface area contributed by atoms with Gasteiger partial charge < -0.3 is 4.74 Å². The highest BCUT2D eigenvalue weighted by Gasteiger charge is 2.27. The lowest BCUT2D eigenvalue weighted by atomic mass is 9.85. The molecule has 182 valence electrons. The highest BCUT2D eigenvalue weighted by atomic mass is 32.1. The van der Waals surface area contributed by atoms with Crippen molar-refractivity contribution in [1.29, 1.82) is 0 Å². The minimum Gasteiger partial charge on any atom is -0.426 e. The Morgan fingerprint density at radius 1 is 1.15 bits per heavy atom. The third kappa shape index (κ3) is 7.42. The Morgan fingerprint density at radius 2 is 2.00 bits per heavy atom. The summed E-state index contributed by atoms with van der Waals surface area (Å²) in [5.41, 5.74) is 2.62. The molecule has 1 aliphatic carbocycles. The Labute approximate surface area is 205 Å². The van der Waals surface area contributed by atoms with Gasteiger partial charge in [0.1, 0.15) is 5.75 Å². The highest BCUT2D eigenvalue weighted by Crippen LogP contribution is 2.33. The normalized spacial score (nSPS) is 17.5. The van der Waals surface area contributed by atoms with Gasteiger partial charge in [0.15, 0.2) is 0 Å². The van der Waals surface area contributed by atoms with E-state index in [9.17, 15) is 4.79 Å². The van der Waals surface area contributed by atoms with Crippen LogP contribution in [0.15, 0.2) is 35.7 Å². The lowest BCUT2D eigenvalue weighted by molar-refractivity contribution is -0.136. The molecule has 0 spiro atoms. The Balaban J connectivity index is 1.63. The van der Waals surface area contributed by atoms with Gasteiger partial charge in [0, 0.05) is 23.9 Å². The summed E-state index contributed by atoms with van der Waals surface area (Å²) in [5.74, 6) is 1.71. The average Bonchev–Trinajstić information content (AvgIpc) is 3.34. The van der Waals surface area contributed by atoms with Crippen molar-refractivity contribution in [1.82, 2.24) is 4.90 Å². The van der Waals surface area contributed by atoms with E-state index in [-0.39, 0.29) is 5.97 Å². The molecule has 1 aliphatic rings. The van der Waals surface area contributed by atoms with Crippen LogP contribution in [0.3, 0.4) is 0 Å². The van der Waals surface area contributed by atoms with Gasteiger partial charge in [0.25, 0.3) is 0 Å². The van der Waals surface area contributed by atoms with Gasteiger partial charge in [0.05, 0.1) is 0 Å². The van der Waals surface area contributed by atoms with Crippen LogP contribution in [0.4, 0.5) is 0 Å². The topological polar surface area (TPSA) is 29.5 Å². The minimum atomic E-state index is -0.0658. The average molecular weight is 470 g/mol. The van der Waals surface area contributed by atoms with E-state index in [2.05, 4.69) is 62.2 Å². The molecule has 4 heteroatoms. The van der Waals surface area contributed by atoms with E-state index in [0.717, 1.165) is 50.9 Å². The molecule has 3 atom stereocenters. The molecule has 0 fully saturated rings. The molecule has 0 radical (unpaired) electrons. The Bertz CT molecular complexity index is 847. The fraction of sp³-hybridized carbons (Fsp3) is 0.621. The monoisotopic (exact) mass is 469 g/mol. The van der Waals surface area contributed by atoms with Crippen LogP contribution in [0.1, 0.15) is 82.2 Å². The van der Waals surface area contributed by atoms with Gasteiger partial charge in [-0.3, -0.25) is 9.69 Å². The largest absolute Gasteiger partial charge is 0.426 e. The second-order valence-electron chi connectivity index (χ2n) is 9.77. The number of benzene rings is 1. The molecule has 0 aliphatic heterocycles. The Kier molecular flexibility index (Phi) is 10.5. The summed E-state index contributed by atoms with van der Waals surface area (Å²) >= 11 is 1.86. The second-order valence-corrected chi connectivity index (χ2v) is 10.8. The Morgan fingerprint density at radius 3 is 2.70 bits per heavy atom. The number of rotatable bonds is 13. The molecular formula is C29H43NO2S. The quantitative estimate of drug-likeness (QED) is 0.227. The summed E-state index contributed by atoms with van der Waals surface area (Å²) in [6, 6.07) is 11.3. The van der Waals surface area contributed by atoms with Gasteiger partial charge in [-0.05, 0) is 79.1 Å². The van der Waals surface area contributed by atoms with Crippen LogP contribution < -0.4 is 4.74 Å². The fourth-order valence-electron chi connectivity index (χ4n) is 5.45. The van der Waals surface area contributed by atoms with Crippen LogP contribution in [0.2, 0.25) is 0 Å². The summed E-state index contributed by atoms with van der Waals surface area (Å²) in [7, 11) is 0. The van der Waals surface area contributed by atoms with Crippen LogP contribution in [0.25, 0.3) is 0 Å². The summed E-state index contributed by atoms with van der Waals surface area (Å²) < 4.78 is 5.96. The van der Waals surface area contributed by atoms with Crippen LogP contribution in [-0.2, 0) is 24.1 Å². The first-order chi connectivity index (χ1) is 16.0. The lowest BCUT2D eigenvalue weighted by Crippen LogP contribution is -2.41. The molecule has 1 heterocycles. The van der Waals surface area contributed by atoms with E-state index < -0.39 is 0 Å². The Hall–Kier alpha value is -1.65. The first kappa shape index (κ1) is 26.0. The number of hydrogen-bond donors (Lipinski definition) is 0. The van der Waals surface area contributed by atoms with Gasteiger partial charge in [-0.2, -0.15) is 0 Å². The van der Waals surface area contributed by atoms with Gasteiger partial charge in [-0.15, -0.1) is 11.3 Å². The van der Waals surface area contributed by atoms with E-state index in [4.69, 9.17) is 4.74 Å². The molecular weight excluding hydrogens is 426 g/mol. The number of carbonyl (C=O) groups is 1. The van der Waals surface area contributed by atoms with Gasteiger partial charge in [-0.25, -0.2) is 0 Å². The maximum absolute atomic E-state index is 12.8. The zero-order chi connectivity index (χ0) is 23.6. The van der Waals surface area contributed by atoms with Crippen molar-refractivity contribution in [3.8, 4) is 5.75 Å². The third-order valence-electron chi connectivity index (χ3n) is 7.39. The van der Waals surface area contributed by atoms with E-state index in [1.807, 2.05) is 17.4 Å². The summed E-state index contributed by atoms with van der Waals surface area (Å²) in [5, 5.41) is 2.17. The van der Waals surface area contributed by atoms with Crippen molar-refractivity contribution >= 4 is 17.3 Å². The summed E-state index contributed by atoms with van der Waals surface area (Å²) in [6.45, 7) is 11.2. The molecule has 3 unspecified atom stereocenters. The lowest BCUT2D eigenvalue weighted by Gasteiger charge is -2.35. The number of thiophene rings is 1. The molecule has 0 N–H and O–H groups in total. The standard InChI is InChI=1S/C29H43NO2S/c1-5-10-22(4)23(7-3)21-29(31)32-28-13-8-11-24-20-25(14-15-27(24)28)30(17-6-2)18-16-26-12-9-19-33-26/h8-9,11-13,19,22-23,25H,5-7,10,14-18,20-21H2,1-4H3. The molecule has 1 aromatic heterocycles. The second kappa shape index (κ2) is 13.3. The predicted molar refractivity (Wildman–Crippen MR) is 140 cm³/mol. The van der Waals surface area contributed by atoms with Gasteiger partial charge in [-0.1, -0.05) is 65.2 Å². The smallest absolute Gasteiger partial charge is 0.311 e. The summed E-state index contributed by atoms with van der Waals surface area (Å²) in [4.78, 5) is 17.0. The first-order valence-corrected chi connectivity index (χ1v) is 14.0. The van der Waals surface area contributed by atoms with E-state index in [0.29, 0.717) is 24.3 Å². The fourth-order valence-corrected chi connectivity index (χ4v) is 6.15. The van der Waals surface area contributed by atoms with Crippen LogP contribution in [-0.4, -0.2) is 30.0 Å². The number of fused-ring (bicyclic) bond motifs is 1. The molecule has 3 rings (SSSR count). The highest BCUT2D eigenvalue weighted by molar-refractivity contribution is 7.09.